The highest BCUT2D eigenvalue weighted by molar-refractivity contribution is 7.89. The lowest BCUT2D eigenvalue weighted by Crippen LogP contribution is -2.43. The van der Waals surface area contributed by atoms with Gasteiger partial charge in [0, 0.05) is 23.8 Å². The fourth-order valence-corrected chi connectivity index (χ4v) is 5.80. The van der Waals surface area contributed by atoms with Gasteiger partial charge in [0.2, 0.25) is 15.9 Å². The molecule has 0 aliphatic carbocycles. The summed E-state index contributed by atoms with van der Waals surface area (Å²) in [4.78, 5) is 17.4. The van der Waals surface area contributed by atoms with Crippen LogP contribution in [0.1, 0.15) is 24.0 Å². The number of hydrogen-bond acceptors (Lipinski definition) is 4. The molecule has 1 saturated heterocycles. The number of hydrogen-bond donors (Lipinski definition) is 1. The highest BCUT2D eigenvalue weighted by Gasteiger charge is 2.40. The van der Waals surface area contributed by atoms with Crippen LogP contribution < -0.4 is 5.32 Å². The number of fused-ring (bicyclic) bond motifs is 1. The molecule has 1 aliphatic heterocycles. The third kappa shape index (κ3) is 3.75. The predicted molar refractivity (Wildman–Crippen MR) is 113 cm³/mol. The average Bonchev–Trinajstić information content (AvgIpc) is 3.17. The first kappa shape index (κ1) is 19.5. The maximum absolute atomic E-state index is 13.4. The molecule has 0 radical (unpaired) electrons. The zero-order valence-electron chi connectivity index (χ0n) is 16.4. The van der Waals surface area contributed by atoms with Gasteiger partial charge in [-0.15, -0.1) is 0 Å². The highest BCUT2D eigenvalue weighted by atomic mass is 32.2. The number of anilines is 1. The number of benzene rings is 2. The molecule has 1 N–H and O–H groups in total. The van der Waals surface area contributed by atoms with E-state index in [0.29, 0.717) is 30.6 Å². The smallest absolute Gasteiger partial charge is 0.245 e. The van der Waals surface area contributed by atoms with Crippen LogP contribution in [0.25, 0.3) is 10.9 Å². The van der Waals surface area contributed by atoms with Crippen molar-refractivity contribution in [2.45, 2.75) is 37.6 Å². The zero-order chi connectivity index (χ0) is 20.6. The van der Waals surface area contributed by atoms with Gasteiger partial charge in [0.1, 0.15) is 10.9 Å². The minimum atomic E-state index is -3.86. The highest BCUT2D eigenvalue weighted by Crippen LogP contribution is 2.30. The van der Waals surface area contributed by atoms with Crippen molar-refractivity contribution >= 4 is 32.5 Å². The molecule has 0 unspecified atom stereocenters. The Morgan fingerprint density at radius 3 is 2.59 bits per heavy atom. The summed E-state index contributed by atoms with van der Waals surface area (Å²) in [6.45, 7) is 4.24. The Labute approximate surface area is 170 Å². The molecule has 3 aromatic rings. The van der Waals surface area contributed by atoms with Crippen LogP contribution in [-0.2, 0) is 14.8 Å². The van der Waals surface area contributed by atoms with Crippen LogP contribution in [0.2, 0.25) is 0 Å². The largest absolute Gasteiger partial charge is 0.325 e. The van der Waals surface area contributed by atoms with E-state index >= 15 is 0 Å². The standard InChI is InChI=1S/C22H23N3O3S/c1-15-12-16(2)14-18(13-15)24-22(26)19-8-5-11-25(19)29(27,28)20-9-3-6-17-7-4-10-23-21(17)20/h3-4,6-7,9-10,12-14,19H,5,8,11H2,1-2H3,(H,24,26)/t19-/m0/s1. The van der Waals surface area contributed by atoms with Crippen LogP contribution in [0.3, 0.4) is 0 Å². The van der Waals surface area contributed by atoms with E-state index in [1.165, 1.54) is 4.31 Å². The van der Waals surface area contributed by atoms with Crippen molar-refractivity contribution in [1.29, 1.82) is 0 Å². The fourth-order valence-electron chi connectivity index (χ4n) is 3.97. The molecule has 150 valence electrons. The molecule has 1 atom stereocenters. The molecule has 6 nitrogen and oxygen atoms in total. The Hall–Kier alpha value is -2.77. The van der Waals surface area contributed by atoms with Crippen LogP contribution in [0.4, 0.5) is 5.69 Å². The topological polar surface area (TPSA) is 79.4 Å². The summed E-state index contributed by atoms with van der Waals surface area (Å²) in [7, 11) is -3.86. The second-order valence-corrected chi connectivity index (χ2v) is 9.33. The lowest BCUT2D eigenvalue weighted by Gasteiger charge is -2.24. The van der Waals surface area contributed by atoms with Crippen LogP contribution in [-0.4, -0.2) is 36.2 Å². The van der Waals surface area contributed by atoms with Crippen molar-refractivity contribution < 1.29 is 13.2 Å². The van der Waals surface area contributed by atoms with Gasteiger partial charge in [0.05, 0.1) is 5.52 Å². The van der Waals surface area contributed by atoms with Crippen molar-refractivity contribution in [3.63, 3.8) is 0 Å². The lowest BCUT2D eigenvalue weighted by molar-refractivity contribution is -0.119. The molecular formula is C22H23N3O3S. The first-order valence-corrected chi connectivity index (χ1v) is 11.0. The Morgan fingerprint density at radius 1 is 1.10 bits per heavy atom. The summed E-state index contributed by atoms with van der Waals surface area (Å²) in [5.74, 6) is -0.302. The lowest BCUT2D eigenvalue weighted by atomic mass is 10.1. The summed E-state index contributed by atoms with van der Waals surface area (Å²) >= 11 is 0. The Morgan fingerprint density at radius 2 is 1.83 bits per heavy atom. The van der Waals surface area contributed by atoms with Gasteiger partial charge in [-0.25, -0.2) is 8.42 Å². The van der Waals surface area contributed by atoms with E-state index in [4.69, 9.17) is 0 Å². The van der Waals surface area contributed by atoms with Gasteiger partial charge in [0.25, 0.3) is 0 Å². The molecule has 2 aromatic carbocycles. The number of para-hydroxylation sites is 1. The van der Waals surface area contributed by atoms with Gasteiger partial charge in [-0.2, -0.15) is 4.31 Å². The van der Waals surface area contributed by atoms with Crippen molar-refractivity contribution in [1.82, 2.24) is 9.29 Å². The molecule has 1 aromatic heterocycles. The van der Waals surface area contributed by atoms with Gasteiger partial charge in [-0.1, -0.05) is 24.3 Å². The normalized spacial score (nSPS) is 17.5. The molecule has 1 amide bonds. The SMILES string of the molecule is Cc1cc(C)cc(NC(=O)[C@@H]2CCCN2S(=O)(=O)c2cccc3cccnc23)c1. The molecule has 1 aliphatic rings. The van der Waals surface area contributed by atoms with Gasteiger partial charge >= 0.3 is 0 Å². The molecule has 29 heavy (non-hydrogen) atoms. The van der Waals surface area contributed by atoms with Gasteiger partial charge in [0.15, 0.2) is 0 Å². The number of pyridine rings is 1. The van der Waals surface area contributed by atoms with Crippen LogP contribution in [0, 0.1) is 13.8 Å². The molecule has 7 heteroatoms. The van der Waals surface area contributed by atoms with Gasteiger partial charge in [-0.3, -0.25) is 9.78 Å². The summed E-state index contributed by atoms with van der Waals surface area (Å²) in [5, 5.41) is 3.65. The van der Waals surface area contributed by atoms with Crippen molar-refractivity contribution in [3.8, 4) is 0 Å². The van der Waals surface area contributed by atoms with E-state index < -0.39 is 16.1 Å². The minimum Gasteiger partial charge on any atom is -0.325 e. The molecule has 1 fully saturated rings. The van der Waals surface area contributed by atoms with Crippen LogP contribution in [0.15, 0.2) is 59.6 Å². The predicted octanol–water partition coefficient (Wildman–Crippen LogP) is 3.64. The van der Waals surface area contributed by atoms with E-state index in [1.54, 1.807) is 24.4 Å². The van der Waals surface area contributed by atoms with E-state index in [9.17, 15) is 13.2 Å². The molecule has 0 bridgehead atoms. The molecule has 2 heterocycles. The van der Waals surface area contributed by atoms with E-state index in [2.05, 4.69) is 10.3 Å². The zero-order valence-corrected chi connectivity index (χ0v) is 17.2. The maximum atomic E-state index is 13.4. The summed E-state index contributed by atoms with van der Waals surface area (Å²) in [6.07, 6.45) is 2.71. The maximum Gasteiger partial charge on any atom is 0.245 e. The number of rotatable bonds is 4. The second kappa shape index (κ2) is 7.57. The summed E-state index contributed by atoms with van der Waals surface area (Å²) in [6, 6.07) is 13.7. The number of nitrogens with zero attached hydrogens (tertiary/aromatic N) is 2. The number of carbonyl (C=O) groups is 1. The number of nitrogens with one attached hydrogen (secondary N) is 1. The number of aryl methyl sites for hydroxylation is 2. The third-order valence-corrected chi connectivity index (χ3v) is 7.12. The minimum absolute atomic E-state index is 0.140. The van der Waals surface area contributed by atoms with E-state index in [0.717, 1.165) is 16.5 Å². The fraction of sp³-hybridized carbons (Fsp3) is 0.273. The molecule has 0 saturated carbocycles. The van der Waals surface area contributed by atoms with E-state index in [1.807, 2.05) is 44.2 Å². The van der Waals surface area contributed by atoms with Crippen LogP contribution in [0.5, 0.6) is 0 Å². The van der Waals surface area contributed by atoms with Crippen LogP contribution >= 0.6 is 0 Å². The van der Waals surface area contributed by atoms with Gasteiger partial charge in [-0.05, 0) is 62.1 Å². The average molecular weight is 410 g/mol. The van der Waals surface area contributed by atoms with Crippen molar-refractivity contribution in [2.75, 3.05) is 11.9 Å². The number of sulfonamides is 1. The summed E-state index contributed by atoms with van der Waals surface area (Å²) < 4.78 is 28.2. The number of carbonyl (C=O) groups excluding carboxylic acids is 1. The molecular weight excluding hydrogens is 386 g/mol. The third-order valence-electron chi connectivity index (χ3n) is 5.18. The number of aromatic nitrogens is 1. The Kier molecular flexibility index (Phi) is 5.10. The van der Waals surface area contributed by atoms with E-state index in [-0.39, 0.29) is 10.8 Å². The first-order chi connectivity index (χ1) is 13.9. The molecule has 0 spiro atoms. The molecule has 4 rings (SSSR count). The van der Waals surface area contributed by atoms with Gasteiger partial charge < -0.3 is 5.32 Å². The Balaban J connectivity index is 1.65. The van der Waals surface area contributed by atoms with Crippen molar-refractivity contribution in [3.05, 3.63) is 65.9 Å². The second-order valence-electron chi connectivity index (χ2n) is 7.47. The Bertz CT molecular complexity index is 1170. The quantitative estimate of drug-likeness (QED) is 0.713. The monoisotopic (exact) mass is 409 g/mol. The number of amides is 1. The summed E-state index contributed by atoms with van der Waals surface area (Å²) in [5.41, 5.74) is 3.19. The van der Waals surface area contributed by atoms with Crippen molar-refractivity contribution in [2.24, 2.45) is 0 Å². The first-order valence-electron chi connectivity index (χ1n) is 9.61.